The standard InChI is InChI=1S/C21H21ClN2O2S/c22-16-10-8-15(9-11-16)13-24-20(25)18-6-1-2-7-19(18)23-21(24)27-14-17-5-3-4-12-26-17/h1-2,6-11,17H,3-5,12-14H2/t17-/m0/s1. The first kappa shape index (κ1) is 18.5. The van der Waals surface area contributed by atoms with Crippen molar-refractivity contribution in [2.75, 3.05) is 12.4 Å². The number of nitrogens with zero attached hydrogens (tertiary/aromatic N) is 2. The van der Waals surface area contributed by atoms with Gasteiger partial charge in [0.25, 0.3) is 5.56 Å². The molecule has 0 radical (unpaired) electrons. The SMILES string of the molecule is O=c1c2ccccc2nc(SC[C@@H]2CCCCO2)n1Cc1ccc(Cl)cc1. The summed E-state index contributed by atoms with van der Waals surface area (Å²) in [5, 5.41) is 2.07. The van der Waals surface area contributed by atoms with Gasteiger partial charge in [-0.15, -0.1) is 0 Å². The maximum Gasteiger partial charge on any atom is 0.262 e. The maximum atomic E-state index is 13.1. The van der Waals surface area contributed by atoms with Gasteiger partial charge in [-0.2, -0.15) is 0 Å². The van der Waals surface area contributed by atoms with Crippen LogP contribution >= 0.6 is 23.4 Å². The van der Waals surface area contributed by atoms with Gasteiger partial charge in [0.05, 0.1) is 23.6 Å². The lowest BCUT2D eigenvalue weighted by molar-refractivity contribution is 0.0315. The van der Waals surface area contributed by atoms with Crippen molar-refractivity contribution in [3.05, 3.63) is 69.5 Å². The number of fused-ring (bicyclic) bond motifs is 1. The van der Waals surface area contributed by atoms with E-state index in [2.05, 4.69) is 0 Å². The Balaban J connectivity index is 1.68. The minimum absolute atomic E-state index is 0.0115. The summed E-state index contributed by atoms with van der Waals surface area (Å²) in [7, 11) is 0. The van der Waals surface area contributed by atoms with E-state index in [1.807, 2.05) is 48.5 Å². The number of hydrogen-bond donors (Lipinski definition) is 0. The molecule has 1 aromatic heterocycles. The van der Waals surface area contributed by atoms with E-state index in [4.69, 9.17) is 21.3 Å². The first-order valence-corrected chi connectivity index (χ1v) is 10.6. The first-order chi connectivity index (χ1) is 13.2. The van der Waals surface area contributed by atoms with Gasteiger partial charge in [0.15, 0.2) is 5.16 Å². The zero-order chi connectivity index (χ0) is 18.6. The summed E-state index contributed by atoms with van der Waals surface area (Å²) in [5.74, 6) is 0.811. The second kappa shape index (κ2) is 8.46. The lowest BCUT2D eigenvalue weighted by atomic mass is 10.1. The van der Waals surface area contributed by atoms with Crippen molar-refractivity contribution in [3.63, 3.8) is 0 Å². The monoisotopic (exact) mass is 400 g/mol. The zero-order valence-corrected chi connectivity index (χ0v) is 16.5. The van der Waals surface area contributed by atoms with Crippen LogP contribution in [0.4, 0.5) is 0 Å². The van der Waals surface area contributed by atoms with E-state index >= 15 is 0 Å². The number of halogens is 1. The topological polar surface area (TPSA) is 44.1 Å². The van der Waals surface area contributed by atoms with Crippen LogP contribution in [0.1, 0.15) is 24.8 Å². The fourth-order valence-corrected chi connectivity index (χ4v) is 4.47. The molecule has 2 aromatic carbocycles. The van der Waals surface area contributed by atoms with Crippen LogP contribution in [0.25, 0.3) is 10.9 Å². The molecule has 27 heavy (non-hydrogen) atoms. The molecule has 0 aliphatic carbocycles. The van der Waals surface area contributed by atoms with E-state index < -0.39 is 0 Å². The lowest BCUT2D eigenvalue weighted by Gasteiger charge is -2.22. The normalized spacial score (nSPS) is 17.3. The smallest absolute Gasteiger partial charge is 0.262 e. The Morgan fingerprint density at radius 3 is 2.74 bits per heavy atom. The predicted molar refractivity (Wildman–Crippen MR) is 111 cm³/mol. The summed E-state index contributed by atoms with van der Waals surface area (Å²) in [6.07, 6.45) is 3.64. The van der Waals surface area contributed by atoms with Gasteiger partial charge in [-0.25, -0.2) is 4.98 Å². The van der Waals surface area contributed by atoms with Gasteiger partial charge in [0.1, 0.15) is 0 Å². The Bertz CT molecular complexity index is 982. The highest BCUT2D eigenvalue weighted by molar-refractivity contribution is 7.99. The van der Waals surface area contributed by atoms with Crippen molar-refractivity contribution in [3.8, 4) is 0 Å². The molecule has 4 rings (SSSR count). The van der Waals surface area contributed by atoms with Crippen molar-refractivity contribution < 1.29 is 4.74 Å². The van der Waals surface area contributed by atoms with Crippen LogP contribution < -0.4 is 5.56 Å². The summed E-state index contributed by atoms with van der Waals surface area (Å²) in [4.78, 5) is 17.9. The molecule has 3 aromatic rings. The number of aromatic nitrogens is 2. The third kappa shape index (κ3) is 4.37. The average Bonchev–Trinajstić information content (AvgIpc) is 2.71. The van der Waals surface area contributed by atoms with Gasteiger partial charge in [-0.05, 0) is 49.1 Å². The Morgan fingerprint density at radius 1 is 1.15 bits per heavy atom. The highest BCUT2D eigenvalue weighted by Crippen LogP contribution is 2.24. The first-order valence-electron chi connectivity index (χ1n) is 9.19. The van der Waals surface area contributed by atoms with Crippen LogP contribution in [-0.2, 0) is 11.3 Å². The molecular formula is C21H21ClN2O2S. The van der Waals surface area contributed by atoms with Crippen LogP contribution in [0.15, 0.2) is 58.5 Å². The molecule has 0 saturated carbocycles. The van der Waals surface area contributed by atoms with Gasteiger partial charge in [-0.1, -0.05) is 47.6 Å². The molecule has 0 unspecified atom stereocenters. The molecule has 140 valence electrons. The van der Waals surface area contributed by atoms with Crippen LogP contribution in [0.2, 0.25) is 5.02 Å². The highest BCUT2D eigenvalue weighted by Gasteiger charge is 2.17. The van der Waals surface area contributed by atoms with Crippen LogP contribution in [0.3, 0.4) is 0 Å². The van der Waals surface area contributed by atoms with E-state index in [-0.39, 0.29) is 11.7 Å². The molecule has 0 bridgehead atoms. The van der Waals surface area contributed by atoms with Crippen molar-refractivity contribution in [2.45, 2.75) is 37.1 Å². The largest absolute Gasteiger partial charge is 0.377 e. The summed E-state index contributed by atoms with van der Waals surface area (Å²) < 4.78 is 7.60. The average molecular weight is 401 g/mol. The number of hydrogen-bond acceptors (Lipinski definition) is 4. The van der Waals surface area contributed by atoms with Crippen LogP contribution in [0, 0.1) is 0 Å². The second-order valence-corrected chi connectivity index (χ2v) is 8.15. The van der Waals surface area contributed by atoms with Gasteiger partial charge in [0, 0.05) is 17.4 Å². The van der Waals surface area contributed by atoms with Crippen molar-refractivity contribution in [1.29, 1.82) is 0 Å². The number of rotatable bonds is 5. The van der Waals surface area contributed by atoms with Crippen molar-refractivity contribution >= 4 is 34.3 Å². The molecular weight excluding hydrogens is 380 g/mol. The minimum atomic E-state index is -0.0115. The number of benzene rings is 2. The quantitative estimate of drug-likeness (QED) is 0.457. The molecule has 1 atom stereocenters. The molecule has 1 saturated heterocycles. The summed E-state index contributed by atoms with van der Waals surface area (Å²) in [5.41, 5.74) is 1.75. The van der Waals surface area contributed by atoms with Crippen LogP contribution in [-0.4, -0.2) is 28.0 Å². The van der Waals surface area contributed by atoms with Crippen LogP contribution in [0.5, 0.6) is 0 Å². The second-order valence-electron chi connectivity index (χ2n) is 6.73. The Kier molecular flexibility index (Phi) is 5.81. The zero-order valence-electron chi connectivity index (χ0n) is 14.9. The third-order valence-electron chi connectivity index (χ3n) is 4.75. The molecule has 2 heterocycles. The van der Waals surface area contributed by atoms with Gasteiger partial charge < -0.3 is 4.74 Å². The Morgan fingerprint density at radius 2 is 1.96 bits per heavy atom. The fourth-order valence-electron chi connectivity index (χ4n) is 3.28. The molecule has 0 spiro atoms. The fraction of sp³-hybridized carbons (Fsp3) is 0.333. The molecule has 1 aliphatic rings. The molecule has 0 amide bonds. The number of ether oxygens (including phenoxy) is 1. The van der Waals surface area contributed by atoms with Crippen molar-refractivity contribution in [1.82, 2.24) is 9.55 Å². The number of para-hydroxylation sites is 1. The van der Waals surface area contributed by atoms with Gasteiger partial charge in [-0.3, -0.25) is 9.36 Å². The summed E-state index contributed by atoms with van der Waals surface area (Å²) in [6, 6.07) is 15.1. The number of thioether (sulfide) groups is 1. The van der Waals surface area contributed by atoms with Crippen molar-refractivity contribution in [2.24, 2.45) is 0 Å². The van der Waals surface area contributed by atoms with E-state index in [1.165, 1.54) is 6.42 Å². The van der Waals surface area contributed by atoms with E-state index in [9.17, 15) is 4.79 Å². The molecule has 4 nitrogen and oxygen atoms in total. The van der Waals surface area contributed by atoms with E-state index in [0.29, 0.717) is 17.0 Å². The molecule has 1 aliphatic heterocycles. The molecule has 0 N–H and O–H groups in total. The Hall–Kier alpha value is -1.82. The highest BCUT2D eigenvalue weighted by atomic mass is 35.5. The van der Waals surface area contributed by atoms with Gasteiger partial charge in [0.2, 0.25) is 0 Å². The Labute approximate surface area is 167 Å². The summed E-state index contributed by atoms with van der Waals surface area (Å²) >= 11 is 7.60. The van der Waals surface area contributed by atoms with Gasteiger partial charge >= 0.3 is 0 Å². The molecule has 6 heteroatoms. The summed E-state index contributed by atoms with van der Waals surface area (Å²) in [6.45, 7) is 1.30. The van der Waals surface area contributed by atoms with E-state index in [1.54, 1.807) is 16.3 Å². The predicted octanol–water partition coefficient (Wildman–Crippen LogP) is 4.76. The van der Waals surface area contributed by atoms with E-state index in [0.717, 1.165) is 41.4 Å². The third-order valence-corrected chi connectivity index (χ3v) is 6.11. The minimum Gasteiger partial charge on any atom is -0.377 e. The maximum absolute atomic E-state index is 13.1. The lowest BCUT2D eigenvalue weighted by Crippen LogP contribution is -2.26. The molecule has 1 fully saturated rings.